The molecule has 0 aliphatic heterocycles. The van der Waals surface area contributed by atoms with Crippen molar-refractivity contribution in [3.05, 3.63) is 42.1 Å². The molecule has 0 spiro atoms. The summed E-state index contributed by atoms with van der Waals surface area (Å²) in [6.45, 7) is 4.61. The van der Waals surface area contributed by atoms with E-state index in [2.05, 4.69) is 25.3 Å². The molecule has 2 rings (SSSR count). The van der Waals surface area contributed by atoms with Crippen molar-refractivity contribution in [1.29, 1.82) is 0 Å². The fourth-order valence-electron chi connectivity index (χ4n) is 2.55. The number of aliphatic imine (C=N–C) groups is 1. The molecule has 8 heteroatoms. The van der Waals surface area contributed by atoms with Crippen LogP contribution >= 0.6 is 0 Å². The molecule has 0 bridgehead atoms. The van der Waals surface area contributed by atoms with Crippen LogP contribution < -0.4 is 15.4 Å². The lowest BCUT2D eigenvalue weighted by molar-refractivity contribution is 0.446. The number of nitrogens with one attached hydrogen (secondary N) is 3. The highest BCUT2D eigenvalue weighted by Gasteiger charge is 2.22. The van der Waals surface area contributed by atoms with Crippen molar-refractivity contribution < 1.29 is 8.42 Å². The van der Waals surface area contributed by atoms with Crippen LogP contribution in [0.15, 0.2) is 41.5 Å². The summed E-state index contributed by atoms with van der Waals surface area (Å²) in [4.78, 5) is 8.54. The highest BCUT2D eigenvalue weighted by Crippen LogP contribution is 2.15. The average molecular weight is 363 g/mol. The lowest BCUT2D eigenvalue weighted by Crippen LogP contribution is -2.52. The Morgan fingerprint density at radius 1 is 1.20 bits per heavy atom. The number of benzene rings is 1. The van der Waals surface area contributed by atoms with Crippen LogP contribution in [0.25, 0.3) is 10.9 Å². The molecule has 25 heavy (non-hydrogen) atoms. The molecule has 1 aromatic heterocycles. The summed E-state index contributed by atoms with van der Waals surface area (Å²) < 4.78 is 25.4. The number of rotatable bonds is 6. The molecule has 0 amide bonds. The number of hydrogen-bond donors (Lipinski definition) is 3. The Balaban J connectivity index is 1.99. The maximum absolute atomic E-state index is 11.4. The first-order chi connectivity index (χ1) is 11.7. The van der Waals surface area contributed by atoms with E-state index >= 15 is 0 Å². The van der Waals surface area contributed by atoms with Gasteiger partial charge in [0.25, 0.3) is 0 Å². The van der Waals surface area contributed by atoms with Crippen LogP contribution in [0, 0.1) is 0 Å². The third-order valence-corrected chi connectivity index (χ3v) is 4.49. The topological polar surface area (TPSA) is 95.5 Å². The van der Waals surface area contributed by atoms with Crippen LogP contribution in [-0.4, -0.2) is 44.7 Å². The summed E-state index contributed by atoms with van der Waals surface area (Å²) in [7, 11) is -1.60. The molecule has 0 aliphatic rings. The first kappa shape index (κ1) is 19.1. The van der Waals surface area contributed by atoms with E-state index in [9.17, 15) is 8.42 Å². The second kappa shape index (κ2) is 7.79. The lowest BCUT2D eigenvalue weighted by atomic mass is 10.1. The van der Waals surface area contributed by atoms with E-state index in [0.717, 1.165) is 22.7 Å². The molecule has 0 atom stereocenters. The number of sulfonamides is 1. The quantitative estimate of drug-likeness (QED) is 0.530. The highest BCUT2D eigenvalue weighted by atomic mass is 32.2. The minimum absolute atomic E-state index is 0.400. The first-order valence-electron chi connectivity index (χ1n) is 7.96. The summed E-state index contributed by atoms with van der Waals surface area (Å²) in [5, 5.41) is 7.48. The summed E-state index contributed by atoms with van der Waals surface area (Å²) in [5.74, 6) is 0.601. The van der Waals surface area contributed by atoms with Gasteiger partial charge in [0, 0.05) is 37.3 Å². The van der Waals surface area contributed by atoms with Gasteiger partial charge < -0.3 is 10.6 Å². The zero-order valence-electron chi connectivity index (χ0n) is 15.0. The lowest BCUT2D eigenvalue weighted by Gasteiger charge is -2.26. The Kier molecular flexibility index (Phi) is 5.97. The molecule has 136 valence electrons. The van der Waals surface area contributed by atoms with Crippen LogP contribution in [0.5, 0.6) is 0 Å². The molecule has 7 nitrogen and oxygen atoms in total. The van der Waals surface area contributed by atoms with Crippen molar-refractivity contribution in [2.24, 2.45) is 4.99 Å². The summed E-state index contributed by atoms with van der Waals surface area (Å²) in [5.41, 5.74) is 1.43. The standard InChI is InChI=1S/C17H25N5O2S/c1-17(2,22-25(4,23)24)12-21-16(18-3)20-11-13-9-10-19-15-8-6-5-7-14(13)15/h5-10,22H,11-12H2,1-4H3,(H2,18,20,21). The van der Waals surface area contributed by atoms with Gasteiger partial charge in [-0.15, -0.1) is 0 Å². The molecule has 0 radical (unpaired) electrons. The van der Waals surface area contributed by atoms with Crippen molar-refractivity contribution in [1.82, 2.24) is 20.3 Å². The number of hydrogen-bond acceptors (Lipinski definition) is 4. The largest absolute Gasteiger partial charge is 0.355 e. The predicted molar refractivity (Wildman–Crippen MR) is 102 cm³/mol. The van der Waals surface area contributed by atoms with Gasteiger partial charge in [-0.05, 0) is 31.5 Å². The number of guanidine groups is 1. The molecule has 0 unspecified atom stereocenters. The monoisotopic (exact) mass is 363 g/mol. The van der Waals surface area contributed by atoms with Gasteiger partial charge in [0.05, 0.1) is 11.8 Å². The SMILES string of the molecule is CN=C(NCc1ccnc2ccccc12)NCC(C)(C)NS(C)(=O)=O. The van der Waals surface area contributed by atoms with E-state index in [1.807, 2.05) is 44.2 Å². The minimum Gasteiger partial charge on any atom is -0.355 e. The average Bonchev–Trinajstić information content (AvgIpc) is 2.53. The molecule has 0 saturated heterocycles. The molecular formula is C17H25N5O2S. The summed E-state index contributed by atoms with van der Waals surface area (Å²) >= 11 is 0. The molecule has 0 fully saturated rings. The summed E-state index contributed by atoms with van der Waals surface area (Å²) in [6.07, 6.45) is 2.94. The van der Waals surface area contributed by atoms with Crippen LogP contribution in [0.1, 0.15) is 19.4 Å². The van der Waals surface area contributed by atoms with Gasteiger partial charge in [0.15, 0.2) is 5.96 Å². The molecule has 3 N–H and O–H groups in total. The normalized spacial score (nSPS) is 13.0. The Morgan fingerprint density at radius 3 is 2.60 bits per heavy atom. The maximum Gasteiger partial charge on any atom is 0.209 e. The third kappa shape index (κ3) is 5.99. The van der Waals surface area contributed by atoms with Gasteiger partial charge in [-0.1, -0.05) is 18.2 Å². The minimum atomic E-state index is -3.27. The smallest absolute Gasteiger partial charge is 0.209 e. The van der Waals surface area contributed by atoms with Gasteiger partial charge in [-0.3, -0.25) is 9.98 Å². The van der Waals surface area contributed by atoms with Crippen molar-refractivity contribution >= 4 is 26.9 Å². The molecule has 0 saturated carbocycles. The van der Waals surface area contributed by atoms with Gasteiger partial charge in [-0.2, -0.15) is 0 Å². The Morgan fingerprint density at radius 2 is 1.92 bits per heavy atom. The maximum atomic E-state index is 11.4. The second-order valence-corrected chi connectivity index (χ2v) is 8.27. The Hall–Kier alpha value is -2.19. The van der Waals surface area contributed by atoms with Gasteiger partial charge in [0.1, 0.15) is 0 Å². The van der Waals surface area contributed by atoms with Gasteiger partial charge in [0.2, 0.25) is 10.0 Å². The molecule has 0 aliphatic carbocycles. The number of pyridine rings is 1. The number of para-hydroxylation sites is 1. The van der Waals surface area contributed by atoms with Gasteiger partial charge >= 0.3 is 0 Å². The van der Waals surface area contributed by atoms with Crippen molar-refractivity contribution in [3.63, 3.8) is 0 Å². The second-order valence-electron chi connectivity index (χ2n) is 6.52. The first-order valence-corrected chi connectivity index (χ1v) is 9.85. The molecule has 2 aromatic rings. The zero-order valence-corrected chi connectivity index (χ0v) is 15.8. The molecular weight excluding hydrogens is 338 g/mol. The fraction of sp³-hybridized carbons (Fsp3) is 0.412. The van der Waals surface area contributed by atoms with Gasteiger partial charge in [-0.25, -0.2) is 13.1 Å². The molecule has 1 aromatic carbocycles. The third-order valence-electron chi connectivity index (χ3n) is 3.57. The highest BCUT2D eigenvalue weighted by molar-refractivity contribution is 7.88. The van der Waals surface area contributed by atoms with Crippen LogP contribution in [0.3, 0.4) is 0 Å². The van der Waals surface area contributed by atoms with Crippen LogP contribution in [-0.2, 0) is 16.6 Å². The summed E-state index contributed by atoms with van der Waals surface area (Å²) in [6, 6.07) is 9.93. The van der Waals surface area contributed by atoms with Crippen LogP contribution in [0.4, 0.5) is 0 Å². The number of aromatic nitrogens is 1. The van der Waals surface area contributed by atoms with E-state index in [4.69, 9.17) is 0 Å². The van der Waals surface area contributed by atoms with E-state index in [1.165, 1.54) is 0 Å². The van der Waals surface area contributed by atoms with Crippen molar-refractivity contribution in [2.75, 3.05) is 19.8 Å². The predicted octanol–water partition coefficient (Wildman–Crippen LogP) is 1.23. The van der Waals surface area contributed by atoms with Crippen molar-refractivity contribution in [3.8, 4) is 0 Å². The Labute approximate surface area is 149 Å². The van der Waals surface area contributed by atoms with E-state index in [1.54, 1.807) is 13.2 Å². The van der Waals surface area contributed by atoms with E-state index < -0.39 is 15.6 Å². The fourth-order valence-corrected chi connectivity index (χ4v) is 3.63. The Bertz CT molecular complexity index is 857. The molecule has 1 heterocycles. The number of fused-ring (bicyclic) bond motifs is 1. The van der Waals surface area contributed by atoms with E-state index in [-0.39, 0.29) is 0 Å². The zero-order chi connectivity index (χ0) is 18.5. The van der Waals surface area contributed by atoms with Crippen molar-refractivity contribution in [2.45, 2.75) is 25.9 Å². The van der Waals surface area contributed by atoms with Crippen LogP contribution in [0.2, 0.25) is 0 Å². The number of nitrogens with zero attached hydrogens (tertiary/aromatic N) is 2. The van der Waals surface area contributed by atoms with E-state index in [0.29, 0.717) is 19.0 Å².